The molecule has 0 aliphatic carbocycles. The van der Waals surface area contributed by atoms with Gasteiger partial charge in [-0.1, -0.05) is 20.8 Å². The van der Waals surface area contributed by atoms with Crippen LogP contribution in [-0.4, -0.2) is 4.98 Å². The van der Waals surface area contributed by atoms with Gasteiger partial charge in [-0.25, -0.2) is 0 Å². The van der Waals surface area contributed by atoms with Gasteiger partial charge in [0, 0.05) is 15.6 Å². The zero-order valence-corrected chi connectivity index (χ0v) is 9.14. The van der Waals surface area contributed by atoms with Gasteiger partial charge in [0.15, 0.2) is 0 Å². The molecule has 0 aliphatic rings. The van der Waals surface area contributed by atoms with E-state index in [1.165, 1.54) is 0 Å². The van der Waals surface area contributed by atoms with Crippen molar-refractivity contribution < 1.29 is 0 Å². The fourth-order valence-electron chi connectivity index (χ4n) is 0.852. The van der Waals surface area contributed by atoms with Gasteiger partial charge in [-0.3, -0.25) is 4.98 Å². The molecule has 0 unspecified atom stereocenters. The average molecular weight is 229 g/mol. The minimum atomic E-state index is 0.0796. The number of anilines is 1. The second kappa shape index (κ2) is 3.05. The Morgan fingerprint density at radius 2 is 2.00 bits per heavy atom. The molecule has 2 nitrogen and oxygen atoms in total. The molecule has 0 radical (unpaired) electrons. The van der Waals surface area contributed by atoms with Crippen LogP contribution in [0.4, 0.5) is 5.69 Å². The van der Waals surface area contributed by atoms with Crippen molar-refractivity contribution in [2.75, 3.05) is 5.73 Å². The number of nitrogens with two attached hydrogens (primary N) is 1. The second-order valence-corrected chi connectivity index (χ2v) is 4.70. The van der Waals surface area contributed by atoms with Crippen LogP contribution in [0.2, 0.25) is 0 Å². The molecule has 2 N–H and O–H groups in total. The van der Waals surface area contributed by atoms with Crippen molar-refractivity contribution in [3.05, 3.63) is 22.4 Å². The molecule has 1 rings (SSSR count). The van der Waals surface area contributed by atoms with Crippen molar-refractivity contribution in [1.82, 2.24) is 4.98 Å². The van der Waals surface area contributed by atoms with Gasteiger partial charge in [0.25, 0.3) is 0 Å². The van der Waals surface area contributed by atoms with Crippen molar-refractivity contribution in [3.8, 4) is 0 Å². The van der Waals surface area contributed by atoms with E-state index in [1.54, 1.807) is 6.20 Å². The zero-order chi connectivity index (χ0) is 9.35. The Balaban J connectivity index is 3.14. The number of nitrogen functional groups attached to an aromatic ring is 1. The maximum atomic E-state index is 5.62. The monoisotopic (exact) mass is 228 g/mol. The minimum absolute atomic E-state index is 0.0796. The Hall–Kier alpha value is -0.570. The van der Waals surface area contributed by atoms with E-state index >= 15 is 0 Å². The molecular weight excluding hydrogens is 216 g/mol. The van der Waals surface area contributed by atoms with E-state index in [2.05, 4.69) is 41.7 Å². The zero-order valence-electron chi connectivity index (χ0n) is 7.56. The summed E-state index contributed by atoms with van der Waals surface area (Å²) in [5, 5.41) is 0. The summed E-state index contributed by atoms with van der Waals surface area (Å²) in [5.41, 5.74) is 7.43. The molecule has 66 valence electrons. The highest BCUT2D eigenvalue weighted by atomic mass is 79.9. The van der Waals surface area contributed by atoms with Gasteiger partial charge in [-0.2, -0.15) is 0 Å². The highest BCUT2D eigenvalue weighted by molar-refractivity contribution is 9.10. The normalized spacial score (nSPS) is 11.7. The smallest absolute Gasteiger partial charge is 0.0645 e. The van der Waals surface area contributed by atoms with Gasteiger partial charge < -0.3 is 5.73 Å². The third-order valence-electron chi connectivity index (χ3n) is 1.65. The molecule has 0 atom stereocenters. The first-order valence-corrected chi connectivity index (χ1v) is 4.62. The lowest BCUT2D eigenvalue weighted by molar-refractivity contribution is 0.569. The number of hydrogen-bond donors (Lipinski definition) is 1. The summed E-state index contributed by atoms with van der Waals surface area (Å²) in [6.45, 7) is 6.37. The summed E-state index contributed by atoms with van der Waals surface area (Å²) in [7, 11) is 0. The van der Waals surface area contributed by atoms with Gasteiger partial charge in [0.2, 0.25) is 0 Å². The van der Waals surface area contributed by atoms with Crippen LogP contribution < -0.4 is 5.73 Å². The first-order valence-electron chi connectivity index (χ1n) is 3.83. The lowest BCUT2D eigenvalue weighted by atomic mass is 9.92. The highest BCUT2D eigenvalue weighted by Crippen LogP contribution is 2.25. The van der Waals surface area contributed by atoms with Crippen molar-refractivity contribution in [3.63, 3.8) is 0 Å². The van der Waals surface area contributed by atoms with Crippen LogP contribution in [-0.2, 0) is 5.41 Å². The van der Waals surface area contributed by atoms with E-state index in [1.807, 2.05) is 6.07 Å². The maximum Gasteiger partial charge on any atom is 0.0645 e. The third-order valence-corrected chi connectivity index (χ3v) is 2.34. The molecule has 12 heavy (non-hydrogen) atoms. The molecular formula is C9H13BrN2. The molecule has 0 saturated carbocycles. The molecule has 1 heterocycles. The number of aromatic nitrogens is 1. The van der Waals surface area contributed by atoms with E-state index < -0.39 is 0 Å². The lowest BCUT2D eigenvalue weighted by Crippen LogP contribution is -2.13. The molecule has 1 aromatic heterocycles. The van der Waals surface area contributed by atoms with Crippen LogP contribution in [0.3, 0.4) is 0 Å². The van der Waals surface area contributed by atoms with Crippen LogP contribution in [0, 0.1) is 0 Å². The Kier molecular flexibility index (Phi) is 2.42. The predicted octanol–water partition coefficient (Wildman–Crippen LogP) is 2.72. The Morgan fingerprint density at radius 3 is 2.42 bits per heavy atom. The average Bonchev–Trinajstić information content (AvgIpc) is 1.92. The number of rotatable bonds is 0. The predicted molar refractivity (Wildman–Crippen MR) is 55.0 cm³/mol. The van der Waals surface area contributed by atoms with Crippen molar-refractivity contribution >= 4 is 21.6 Å². The Labute approximate surface area is 81.3 Å². The first kappa shape index (κ1) is 9.52. The van der Waals surface area contributed by atoms with Crippen molar-refractivity contribution in [2.24, 2.45) is 0 Å². The molecule has 0 amide bonds. The Bertz CT molecular complexity index is 289. The largest absolute Gasteiger partial charge is 0.397 e. The lowest BCUT2D eigenvalue weighted by Gasteiger charge is -2.17. The van der Waals surface area contributed by atoms with E-state index in [0.29, 0.717) is 5.69 Å². The topological polar surface area (TPSA) is 38.9 Å². The summed E-state index contributed by atoms with van der Waals surface area (Å²) < 4.78 is 0.919. The number of hydrogen-bond acceptors (Lipinski definition) is 2. The van der Waals surface area contributed by atoms with Crippen LogP contribution in [0.15, 0.2) is 16.7 Å². The van der Waals surface area contributed by atoms with Crippen LogP contribution in [0.5, 0.6) is 0 Å². The van der Waals surface area contributed by atoms with E-state index in [9.17, 15) is 0 Å². The number of halogens is 1. The van der Waals surface area contributed by atoms with Crippen molar-refractivity contribution in [1.29, 1.82) is 0 Å². The maximum absolute atomic E-state index is 5.62. The van der Waals surface area contributed by atoms with Crippen molar-refractivity contribution in [2.45, 2.75) is 26.2 Å². The molecule has 1 aromatic rings. The van der Waals surface area contributed by atoms with Gasteiger partial charge in [-0.05, 0) is 22.0 Å². The molecule has 0 saturated heterocycles. The van der Waals surface area contributed by atoms with Crippen LogP contribution in [0.1, 0.15) is 26.5 Å². The molecule has 0 spiro atoms. The van der Waals surface area contributed by atoms with Gasteiger partial charge in [-0.15, -0.1) is 0 Å². The molecule has 0 aromatic carbocycles. The van der Waals surface area contributed by atoms with Crippen LogP contribution in [0.25, 0.3) is 0 Å². The standard InChI is InChI=1S/C9H13BrN2/c1-9(2,3)8-4-6(10)7(11)5-12-8/h4-5H,11H2,1-3H3. The van der Waals surface area contributed by atoms with Gasteiger partial charge >= 0.3 is 0 Å². The molecule has 0 fully saturated rings. The number of nitrogens with zero attached hydrogens (tertiary/aromatic N) is 1. The quantitative estimate of drug-likeness (QED) is 0.742. The third kappa shape index (κ3) is 1.97. The first-order chi connectivity index (χ1) is 5.41. The SMILES string of the molecule is CC(C)(C)c1cc(Br)c(N)cn1. The van der Waals surface area contributed by atoms with Gasteiger partial charge in [0.1, 0.15) is 0 Å². The van der Waals surface area contributed by atoms with E-state index in [4.69, 9.17) is 5.73 Å². The fourth-order valence-corrected chi connectivity index (χ4v) is 1.17. The summed E-state index contributed by atoms with van der Waals surface area (Å²) in [6.07, 6.45) is 1.69. The molecule has 3 heteroatoms. The van der Waals surface area contributed by atoms with Gasteiger partial charge in [0.05, 0.1) is 11.9 Å². The summed E-state index contributed by atoms with van der Waals surface area (Å²) in [5.74, 6) is 0. The second-order valence-electron chi connectivity index (χ2n) is 3.84. The molecule has 0 bridgehead atoms. The van der Waals surface area contributed by atoms with E-state index in [-0.39, 0.29) is 5.41 Å². The van der Waals surface area contributed by atoms with E-state index in [0.717, 1.165) is 10.2 Å². The summed E-state index contributed by atoms with van der Waals surface area (Å²) in [6, 6.07) is 1.97. The summed E-state index contributed by atoms with van der Waals surface area (Å²) >= 11 is 3.37. The number of pyridine rings is 1. The summed E-state index contributed by atoms with van der Waals surface area (Å²) in [4.78, 5) is 4.26. The highest BCUT2D eigenvalue weighted by Gasteiger charge is 2.15. The Morgan fingerprint density at radius 1 is 1.42 bits per heavy atom. The minimum Gasteiger partial charge on any atom is -0.397 e. The molecule has 0 aliphatic heterocycles. The van der Waals surface area contributed by atoms with Crippen LogP contribution >= 0.6 is 15.9 Å². The fraction of sp³-hybridized carbons (Fsp3) is 0.444.